The number of aromatic nitrogens is 1. The highest BCUT2D eigenvalue weighted by molar-refractivity contribution is 7.89. The number of hydrogen-bond acceptors (Lipinski definition) is 6. The molecule has 10 heteroatoms. The number of hydrogen-bond donors (Lipinski definition) is 0. The van der Waals surface area contributed by atoms with Crippen LogP contribution in [0.1, 0.15) is 36.5 Å². The van der Waals surface area contributed by atoms with Crippen LogP contribution in [0, 0.1) is 0 Å². The van der Waals surface area contributed by atoms with Gasteiger partial charge in [-0.1, -0.05) is 29.9 Å². The van der Waals surface area contributed by atoms with E-state index in [-0.39, 0.29) is 29.3 Å². The van der Waals surface area contributed by atoms with Gasteiger partial charge >= 0.3 is 0 Å². The minimum atomic E-state index is -3.57. The Labute approximate surface area is 211 Å². The van der Waals surface area contributed by atoms with Gasteiger partial charge < -0.3 is 4.90 Å². The van der Waals surface area contributed by atoms with Crippen molar-refractivity contribution in [2.45, 2.75) is 37.1 Å². The van der Waals surface area contributed by atoms with Crippen LogP contribution in [0.2, 0.25) is 0 Å². The number of benzene rings is 2. The molecule has 0 aliphatic carbocycles. The molecule has 1 aliphatic heterocycles. The van der Waals surface area contributed by atoms with Gasteiger partial charge in [0.2, 0.25) is 10.0 Å². The normalized spacial score (nSPS) is 17.0. The molecule has 0 bridgehead atoms. The zero-order valence-corrected chi connectivity index (χ0v) is 22.1. The second-order valence-corrected chi connectivity index (χ2v) is 11.6. The predicted octanol–water partition coefficient (Wildman–Crippen LogP) is 4.49. The Bertz CT molecular complexity index is 1200. The van der Waals surface area contributed by atoms with E-state index in [1.54, 1.807) is 33.5 Å². The lowest BCUT2D eigenvalue weighted by Crippen LogP contribution is -2.41. The maximum atomic E-state index is 13.5. The summed E-state index contributed by atoms with van der Waals surface area (Å²) in [6, 6.07) is 14.1. The average molecular weight is 523 g/mol. The number of piperidine rings is 1. The first kappa shape index (κ1) is 26.6. The summed E-state index contributed by atoms with van der Waals surface area (Å²) in [6.45, 7) is 3.66. The molecule has 2 aromatic carbocycles. The van der Waals surface area contributed by atoms with Crippen molar-refractivity contribution in [3.05, 3.63) is 54.1 Å². The molecule has 7 nitrogen and oxygen atoms in total. The number of rotatable bonds is 7. The number of nitrogens with zero attached hydrogens (tertiary/aromatic N) is 4. The fourth-order valence-electron chi connectivity index (χ4n) is 4.05. The predicted molar refractivity (Wildman–Crippen MR) is 141 cm³/mol. The number of sulfonamides is 1. The van der Waals surface area contributed by atoms with Gasteiger partial charge in [-0.3, -0.25) is 9.69 Å². The maximum Gasteiger partial charge on any atom is 0.260 e. The van der Waals surface area contributed by atoms with E-state index >= 15 is 0 Å². The summed E-state index contributed by atoms with van der Waals surface area (Å²) >= 11 is 1.48. The molecule has 1 aliphatic rings. The van der Waals surface area contributed by atoms with Gasteiger partial charge in [-0.2, -0.15) is 4.31 Å². The standard InChI is InChI=1S/C24H30N4O3S2.ClH/c1-18-8-6-7-15-28(18)33(30,31)20-13-11-19(12-14-20)23(29)27(17-16-26(2)3)24-25-21-9-4-5-10-22(21)32-24;/h4-5,9-14,18H,6-8,15-17H2,1-3H3;1H. The largest absolute Gasteiger partial charge is 0.308 e. The summed E-state index contributed by atoms with van der Waals surface area (Å²) < 4.78 is 28.9. The number of anilines is 1. The van der Waals surface area contributed by atoms with E-state index in [4.69, 9.17) is 0 Å². The molecular formula is C24H31ClN4O3S2. The molecule has 34 heavy (non-hydrogen) atoms. The number of fused-ring (bicyclic) bond motifs is 1. The number of likely N-dealkylation sites (N-methyl/N-ethyl adjacent to an activating group) is 1. The van der Waals surface area contributed by atoms with E-state index in [1.165, 1.54) is 11.3 Å². The summed E-state index contributed by atoms with van der Waals surface area (Å²) in [6.07, 6.45) is 2.80. The van der Waals surface area contributed by atoms with Crippen LogP contribution in [0.25, 0.3) is 10.2 Å². The summed E-state index contributed by atoms with van der Waals surface area (Å²) in [5.74, 6) is -0.189. The fraction of sp³-hybridized carbons (Fsp3) is 0.417. The Balaban J connectivity index is 0.00000324. The first-order chi connectivity index (χ1) is 15.8. The van der Waals surface area contributed by atoms with Gasteiger partial charge in [0.25, 0.3) is 5.91 Å². The van der Waals surface area contributed by atoms with Crippen LogP contribution in [0.3, 0.4) is 0 Å². The van der Waals surface area contributed by atoms with Crippen molar-refractivity contribution < 1.29 is 13.2 Å². The summed E-state index contributed by atoms with van der Waals surface area (Å²) in [5.41, 5.74) is 1.30. The molecule has 3 aromatic rings. The Morgan fingerprint density at radius 3 is 2.44 bits per heavy atom. The number of halogens is 1. The molecule has 0 saturated carbocycles. The summed E-state index contributed by atoms with van der Waals surface area (Å²) in [4.78, 5) is 22.1. The third-order valence-electron chi connectivity index (χ3n) is 5.98. The quantitative estimate of drug-likeness (QED) is 0.457. The van der Waals surface area contributed by atoms with Crippen LogP contribution in [0.4, 0.5) is 5.13 Å². The van der Waals surface area contributed by atoms with Crippen LogP contribution < -0.4 is 4.90 Å². The number of carbonyl (C=O) groups excluding carboxylic acids is 1. The van der Waals surface area contributed by atoms with Crippen molar-refractivity contribution >= 4 is 55.0 Å². The van der Waals surface area contributed by atoms with Crippen LogP contribution in [0.15, 0.2) is 53.4 Å². The minimum absolute atomic E-state index is 0. The highest BCUT2D eigenvalue weighted by Crippen LogP contribution is 2.30. The third kappa shape index (κ3) is 5.60. The van der Waals surface area contributed by atoms with Crippen molar-refractivity contribution in [3.63, 3.8) is 0 Å². The van der Waals surface area contributed by atoms with E-state index in [1.807, 2.05) is 50.2 Å². The fourth-order valence-corrected chi connectivity index (χ4v) is 6.74. The van der Waals surface area contributed by atoms with Gasteiger partial charge in [-0.25, -0.2) is 13.4 Å². The molecule has 1 unspecified atom stereocenters. The highest BCUT2D eigenvalue weighted by atomic mass is 35.5. The summed E-state index contributed by atoms with van der Waals surface area (Å²) in [5, 5.41) is 0.641. The molecule has 0 N–H and O–H groups in total. The number of thiazole rings is 1. The molecule has 1 atom stereocenters. The van der Waals surface area contributed by atoms with E-state index in [2.05, 4.69) is 4.98 Å². The summed E-state index contributed by atoms with van der Waals surface area (Å²) in [7, 11) is 0.348. The number of para-hydroxylation sites is 1. The molecule has 1 fully saturated rings. The van der Waals surface area contributed by atoms with Gasteiger partial charge in [-0.15, -0.1) is 12.4 Å². The minimum Gasteiger partial charge on any atom is -0.308 e. The van der Waals surface area contributed by atoms with E-state index in [0.717, 1.165) is 29.5 Å². The molecule has 4 rings (SSSR count). The van der Waals surface area contributed by atoms with E-state index in [0.29, 0.717) is 30.3 Å². The van der Waals surface area contributed by atoms with Crippen molar-refractivity contribution in [3.8, 4) is 0 Å². The lowest BCUT2D eigenvalue weighted by molar-refractivity contribution is 0.0985. The molecule has 0 spiro atoms. The first-order valence-corrected chi connectivity index (χ1v) is 13.5. The molecular weight excluding hydrogens is 492 g/mol. The highest BCUT2D eigenvalue weighted by Gasteiger charge is 2.31. The number of amides is 1. The van der Waals surface area contributed by atoms with Crippen LogP contribution in [-0.2, 0) is 10.0 Å². The van der Waals surface area contributed by atoms with Crippen molar-refractivity contribution in [1.29, 1.82) is 0 Å². The lowest BCUT2D eigenvalue weighted by Gasteiger charge is -2.32. The van der Waals surface area contributed by atoms with Crippen molar-refractivity contribution in [1.82, 2.24) is 14.2 Å². The first-order valence-electron chi connectivity index (χ1n) is 11.2. The van der Waals surface area contributed by atoms with Gasteiger partial charge in [0.1, 0.15) is 0 Å². The van der Waals surface area contributed by atoms with Gasteiger partial charge in [0.15, 0.2) is 5.13 Å². The van der Waals surface area contributed by atoms with E-state index < -0.39 is 10.0 Å². The molecule has 1 amide bonds. The molecule has 2 heterocycles. The monoisotopic (exact) mass is 522 g/mol. The maximum absolute atomic E-state index is 13.5. The van der Waals surface area contributed by atoms with Gasteiger partial charge in [-0.05, 0) is 70.3 Å². The topological polar surface area (TPSA) is 73.8 Å². The Hall–Kier alpha value is -2.04. The zero-order valence-electron chi connectivity index (χ0n) is 19.7. The Morgan fingerprint density at radius 1 is 1.09 bits per heavy atom. The average Bonchev–Trinajstić information content (AvgIpc) is 3.23. The van der Waals surface area contributed by atoms with Crippen LogP contribution in [0.5, 0.6) is 0 Å². The van der Waals surface area contributed by atoms with Gasteiger partial charge in [0, 0.05) is 31.2 Å². The van der Waals surface area contributed by atoms with Gasteiger partial charge in [0.05, 0.1) is 15.1 Å². The van der Waals surface area contributed by atoms with Crippen molar-refractivity contribution in [2.75, 3.05) is 38.6 Å². The SMILES string of the molecule is CC1CCCCN1S(=O)(=O)c1ccc(C(=O)N(CCN(C)C)c2nc3ccccc3s2)cc1.Cl. The van der Waals surface area contributed by atoms with Crippen LogP contribution in [-0.4, -0.2) is 68.3 Å². The Kier molecular flexibility index (Phi) is 8.70. The second kappa shape index (κ2) is 11.1. The number of carbonyl (C=O) groups is 1. The smallest absolute Gasteiger partial charge is 0.260 e. The molecule has 0 radical (unpaired) electrons. The molecule has 1 saturated heterocycles. The van der Waals surface area contributed by atoms with Crippen molar-refractivity contribution in [2.24, 2.45) is 0 Å². The third-order valence-corrected chi connectivity index (χ3v) is 9.07. The Morgan fingerprint density at radius 2 is 1.79 bits per heavy atom. The second-order valence-electron chi connectivity index (χ2n) is 8.71. The molecule has 1 aromatic heterocycles. The zero-order chi connectivity index (χ0) is 23.6. The van der Waals surface area contributed by atoms with E-state index in [9.17, 15) is 13.2 Å². The van der Waals surface area contributed by atoms with Crippen LogP contribution >= 0.6 is 23.7 Å². The molecule has 184 valence electrons. The lowest BCUT2D eigenvalue weighted by atomic mass is 10.1.